The number of nitrogens with zero attached hydrogens (tertiary/aromatic N) is 8. The molecule has 0 spiro atoms. The number of benzene rings is 1. The second-order valence-corrected chi connectivity index (χ2v) is 9.27. The summed E-state index contributed by atoms with van der Waals surface area (Å²) in [7, 11) is 3.83. The summed E-state index contributed by atoms with van der Waals surface area (Å²) in [6.45, 7) is 5.66. The van der Waals surface area contributed by atoms with Crippen molar-refractivity contribution in [3.63, 3.8) is 0 Å². The van der Waals surface area contributed by atoms with Gasteiger partial charge in [-0.25, -0.2) is 24.9 Å². The molecule has 0 amide bonds. The van der Waals surface area contributed by atoms with Gasteiger partial charge in [0.1, 0.15) is 19.0 Å². The van der Waals surface area contributed by atoms with Crippen LogP contribution in [0, 0.1) is 0 Å². The van der Waals surface area contributed by atoms with Crippen LogP contribution in [0.1, 0.15) is 23.1 Å². The number of ketones is 1. The molecule has 196 valence electrons. The molecule has 3 aromatic heterocycles. The molecule has 5 heterocycles. The van der Waals surface area contributed by atoms with Crippen molar-refractivity contribution < 1.29 is 19.0 Å². The molecule has 0 bridgehead atoms. The third-order valence-corrected chi connectivity index (χ3v) is 6.67. The Labute approximate surface area is 219 Å². The van der Waals surface area contributed by atoms with Gasteiger partial charge in [0.15, 0.2) is 40.1 Å². The van der Waals surface area contributed by atoms with Crippen molar-refractivity contribution in [1.82, 2.24) is 29.5 Å². The van der Waals surface area contributed by atoms with Crippen LogP contribution in [0.3, 0.4) is 0 Å². The summed E-state index contributed by atoms with van der Waals surface area (Å²) in [5.74, 6) is 3.98. The first-order valence-corrected chi connectivity index (χ1v) is 12.5. The van der Waals surface area contributed by atoms with E-state index in [2.05, 4.69) is 14.9 Å². The topological polar surface area (TPSA) is 121 Å². The minimum absolute atomic E-state index is 0.0717. The SMILES string of the molecule is CC(=O)c1cnc(N(C)Cc2nc3c(N4CCOCC4)nc(-c4ccc5c(c4)OCCO5)nc3n2C)nc1. The zero-order valence-corrected chi connectivity index (χ0v) is 21.5. The van der Waals surface area contributed by atoms with Crippen LogP contribution in [0.2, 0.25) is 0 Å². The quantitative estimate of drug-likeness (QED) is 0.351. The fraction of sp³-hybridized carbons (Fsp3) is 0.385. The predicted molar refractivity (Wildman–Crippen MR) is 140 cm³/mol. The molecule has 0 radical (unpaired) electrons. The molecule has 1 fully saturated rings. The zero-order chi connectivity index (χ0) is 26.2. The summed E-state index contributed by atoms with van der Waals surface area (Å²) < 4.78 is 19.0. The largest absolute Gasteiger partial charge is 0.486 e. The van der Waals surface area contributed by atoms with E-state index in [1.807, 2.05) is 41.8 Å². The lowest BCUT2D eigenvalue weighted by Gasteiger charge is -2.28. The van der Waals surface area contributed by atoms with Gasteiger partial charge in [-0.1, -0.05) is 0 Å². The van der Waals surface area contributed by atoms with Crippen LogP contribution in [0.25, 0.3) is 22.6 Å². The van der Waals surface area contributed by atoms with E-state index in [4.69, 9.17) is 29.2 Å². The summed E-state index contributed by atoms with van der Waals surface area (Å²) >= 11 is 0. The molecule has 0 N–H and O–H groups in total. The van der Waals surface area contributed by atoms with Gasteiger partial charge in [0.25, 0.3) is 0 Å². The van der Waals surface area contributed by atoms with Crippen LogP contribution < -0.4 is 19.3 Å². The van der Waals surface area contributed by atoms with Crippen molar-refractivity contribution in [3.8, 4) is 22.9 Å². The number of fused-ring (bicyclic) bond motifs is 2. The molecular weight excluding hydrogens is 488 g/mol. The van der Waals surface area contributed by atoms with Crippen LogP contribution in [-0.2, 0) is 18.3 Å². The second-order valence-electron chi connectivity index (χ2n) is 9.27. The van der Waals surface area contributed by atoms with Gasteiger partial charge in [0.05, 0.1) is 25.3 Å². The van der Waals surface area contributed by atoms with Crippen molar-refractivity contribution in [2.75, 3.05) is 56.4 Å². The van der Waals surface area contributed by atoms with E-state index in [9.17, 15) is 4.79 Å². The third-order valence-electron chi connectivity index (χ3n) is 6.67. The van der Waals surface area contributed by atoms with Gasteiger partial charge in [-0.05, 0) is 25.1 Å². The number of rotatable bonds is 6. The Morgan fingerprint density at radius 3 is 2.47 bits per heavy atom. The summed E-state index contributed by atoms with van der Waals surface area (Å²) in [6, 6.07) is 5.77. The third kappa shape index (κ3) is 4.47. The number of hydrogen-bond acceptors (Lipinski definition) is 11. The van der Waals surface area contributed by atoms with Crippen LogP contribution >= 0.6 is 0 Å². The normalized spacial score (nSPS) is 15.1. The van der Waals surface area contributed by atoms with Gasteiger partial charge < -0.3 is 28.6 Å². The molecule has 0 unspecified atom stereocenters. The summed E-state index contributed by atoms with van der Waals surface area (Å²) in [5, 5.41) is 0. The lowest BCUT2D eigenvalue weighted by molar-refractivity contribution is 0.101. The van der Waals surface area contributed by atoms with E-state index in [0.717, 1.165) is 47.2 Å². The molecule has 12 nitrogen and oxygen atoms in total. The molecule has 6 rings (SSSR count). The van der Waals surface area contributed by atoms with Crippen molar-refractivity contribution in [3.05, 3.63) is 42.0 Å². The number of carbonyl (C=O) groups excluding carboxylic acids is 1. The average Bonchev–Trinajstić information content (AvgIpc) is 3.27. The lowest BCUT2D eigenvalue weighted by Crippen LogP contribution is -2.37. The van der Waals surface area contributed by atoms with E-state index < -0.39 is 0 Å². The molecule has 1 aromatic carbocycles. The molecule has 2 aliphatic rings. The maximum atomic E-state index is 11.6. The van der Waals surface area contributed by atoms with Crippen molar-refractivity contribution in [1.29, 1.82) is 0 Å². The zero-order valence-electron chi connectivity index (χ0n) is 21.5. The van der Waals surface area contributed by atoms with Crippen LogP contribution in [-0.4, -0.2) is 81.8 Å². The van der Waals surface area contributed by atoms with Gasteiger partial charge in [-0.2, -0.15) is 0 Å². The highest BCUT2D eigenvalue weighted by atomic mass is 16.6. The molecule has 4 aromatic rings. The number of hydrogen-bond donors (Lipinski definition) is 0. The number of imidazole rings is 1. The first kappa shape index (κ1) is 24.0. The number of aromatic nitrogens is 6. The fourth-order valence-electron chi connectivity index (χ4n) is 4.52. The first-order valence-electron chi connectivity index (χ1n) is 12.5. The summed E-state index contributed by atoms with van der Waals surface area (Å²) in [4.78, 5) is 39.2. The lowest BCUT2D eigenvalue weighted by atomic mass is 10.1. The number of Topliss-reactive ketones (excluding diaryl/α,β-unsaturated/α-hetero) is 1. The van der Waals surface area contributed by atoms with Crippen molar-refractivity contribution in [2.24, 2.45) is 7.05 Å². The molecule has 0 saturated carbocycles. The van der Waals surface area contributed by atoms with Gasteiger partial charge in [0.2, 0.25) is 5.95 Å². The standard InChI is InChI=1S/C26H28N8O4/c1-16(35)18-13-27-26(28-14-18)32(2)15-21-29-22-24(33(21)3)30-23(31-25(22)34-6-8-36-9-7-34)17-4-5-19-20(12-17)38-11-10-37-19/h4-5,12-14H,6-11,15H2,1-3H3. The van der Waals surface area contributed by atoms with Crippen molar-refractivity contribution in [2.45, 2.75) is 13.5 Å². The highest BCUT2D eigenvalue weighted by Crippen LogP contribution is 2.35. The van der Waals surface area contributed by atoms with Crippen molar-refractivity contribution >= 4 is 28.7 Å². The summed E-state index contributed by atoms with van der Waals surface area (Å²) in [6.07, 6.45) is 3.08. The van der Waals surface area contributed by atoms with Crippen LogP contribution in [0.15, 0.2) is 30.6 Å². The van der Waals surface area contributed by atoms with E-state index >= 15 is 0 Å². The highest BCUT2D eigenvalue weighted by molar-refractivity contribution is 5.93. The molecule has 2 aliphatic heterocycles. The molecule has 0 aliphatic carbocycles. The molecule has 0 atom stereocenters. The van der Waals surface area contributed by atoms with Gasteiger partial charge >= 0.3 is 0 Å². The molecule has 12 heteroatoms. The first-order chi connectivity index (χ1) is 18.5. The predicted octanol–water partition coefficient (Wildman–Crippen LogP) is 2.27. The Morgan fingerprint density at radius 1 is 1.00 bits per heavy atom. The fourth-order valence-corrected chi connectivity index (χ4v) is 4.52. The molecule has 1 saturated heterocycles. The smallest absolute Gasteiger partial charge is 0.225 e. The van der Waals surface area contributed by atoms with E-state index in [1.54, 1.807) is 0 Å². The van der Waals surface area contributed by atoms with Gasteiger partial charge in [-0.15, -0.1) is 0 Å². The minimum atomic E-state index is -0.0717. The second kappa shape index (κ2) is 9.86. The number of carbonyl (C=O) groups is 1. The average molecular weight is 517 g/mol. The Balaban J connectivity index is 1.39. The Kier molecular flexibility index (Phi) is 6.24. The summed E-state index contributed by atoms with van der Waals surface area (Å²) in [5.41, 5.74) is 2.76. The Hall–Kier alpha value is -4.32. The van der Waals surface area contributed by atoms with Gasteiger partial charge in [-0.3, -0.25) is 4.79 Å². The van der Waals surface area contributed by atoms with E-state index in [0.29, 0.717) is 56.1 Å². The minimum Gasteiger partial charge on any atom is -0.486 e. The van der Waals surface area contributed by atoms with Crippen LogP contribution in [0.4, 0.5) is 11.8 Å². The van der Waals surface area contributed by atoms with E-state index in [1.165, 1.54) is 19.3 Å². The maximum Gasteiger partial charge on any atom is 0.225 e. The molecule has 38 heavy (non-hydrogen) atoms. The number of anilines is 2. The number of ether oxygens (including phenoxy) is 3. The Morgan fingerprint density at radius 2 is 1.74 bits per heavy atom. The maximum absolute atomic E-state index is 11.6. The number of aryl methyl sites for hydroxylation is 1. The Bertz CT molecular complexity index is 1500. The monoisotopic (exact) mass is 516 g/mol. The number of morpholine rings is 1. The van der Waals surface area contributed by atoms with Crippen LogP contribution in [0.5, 0.6) is 11.5 Å². The highest BCUT2D eigenvalue weighted by Gasteiger charge is 2.24. The van der Waals surface area contributed by atoms with Gasteiger partial charge in [0, 0.05) is 45.1 Å². The van der Waals surface area contributed by atoms with E-state index in [-0.39, 0.29) is 5.78 Å². The molecular formula is C26H28N8O4.